The van der Waals surface area contributed by atoms with Gasteiger partial charge in [-0.15, -0.1) is 0 Å². The predicted molar refractivity (Wildman–Crippen MR) is 149 cm³/mol. The number of carbonyl (C=O) groups is 2. The van der Waals surface area contributed by atoms with Crippen LogP contribution in [0.15, 0.2) is 71.3 Å². The molecule has 8 heteroatoms. The topological polar surface area (TPSA) is 92.5 Å². The molecule has 0 aliphatic carbocycles. The molecule has 208 valence electrons. The Balaban J connectivity index is 1.50. The number of rotatable bonds is 15. The third-order valence-electron chi connectivity index (χ3n) is 6.61. The van der Waals surface area contributed by atoms with Crippen molar-refractivity contribution in [1.29, 1.82) is 0 Å². The van der Waals surface area contributed by atoms with Crippen LogP contribution in [0, 0.1) is 0 Å². The second-order valence-corrected chi connectivity index (χ2v) is 9.47. The summed E-state index contributed by atoms with van der Waals surface area (Å²) in [5.74, 6) is 0.0578. The molecule has 2 aromatic carbocycles. The number of para-hydroxylation sites is 1. The van der Waals surface area contributed by atoms with E-state index < -0.39 is 18.4 Å². The lowest BCUT2D eigenvalue weighted by atomic mass is 10.1. The number of hydrogen-bond acceptors (Lipinski definition) is 6. The van der Waals surface area contributed by atoms with E-state index in [-0.39, 0.29) is 19.4 Å². The Bertz CT molecular complexity index is 1240. The summed E-state index contributed by atoms with van der Waals surface area (Å²) in [6, 6.07) is 18.0. The molecule has 8 nitrogen and oxygen atoms in total. The van der Waals surface area contributed by atoms with Gasteiger partial charge in [-0.3, -0.25) is 14.5 Å². The molecule has 1 aromatic heterocycles. The van der Waals surface area contributed by atoms with Crippen LogP contribution in [-0.2, 0) is 16.1 Å². The van der Waals surface area contributed by atoms with Crippen molar-refractivity contribution in [2.24, 2.45) is 0 Å². The van der Waals surface area contributed by atoms with E-state index in [1.165, 1.54) is 4.90 Å². The fourth-order valence-electron chi connectivity index (χ4n) is 4.43. The smallest absolute Gasteiger partial charge is 0.303 e. The predicted octanol–water partition coefficient (Wildman–Crippen LogP) is 5.34. The van der Waals surface area contributed by atoms with Crippen LogP contribution in [-0.4, -0.2) is 72.7 Å². The van der Waals surface area contributed by atoms with Gasteiger partial charge in [0.1, 0.15) is 11.5 Å². The van der Waals surface area contributed by atoms with Crippen LogP contribution in [0.1, 0.15) is 50.8 Å². The first-order chi connectivity index (χ1) is 19.8. The molecule has 1 fully saturated rings. The number of aliphatic carboxylic acids is 1. The summed E-state index contributed by atoms with van der Waals surface area (Å²) in [5, 5.41) is 8.82. The maximum absolute atomic E-state index is 13.9. The molecule has 0 bridgehead atoms. The Morgan fingerprint density at radius 3 is 2.51 bits per heavy atom. The van der Waals surface area contributed by atoms with E-state index in [4.69, 9.17) is 21.7 Å². The minimum Gasteiger partial charge on any atom is -0.493 e. The maximum atomic E-state index is 13.9. The van der Waals surface area contributed by atoms with Gasteiger partial charge in [0.25, 0.3) is 5.91 Å². The molecule has 1 aliphatic rings. The van der Waals surface area contributed by atoms with Gasteiger partial charge in [0.15, 0.2) is 0 Å². The summed E-state index contributed by atoms with van der Waals surface area (Å²) in [4.78, 5) is 28.1. The minimum absolute atomic E-state index is 0.0318. The van der Waals surface area contributed by atoms with Gasteiger partial charge < -0.3 is 23.9 Å². The van der Waals surface area contributed by atoms with Crippen LogP contribution in [0.3, 0.4) is 0 Å². The standard InChI is InChI=1S/C31H38N2O6/c34-30(35)11-2-1-5-20-38-29-9-4-3-8-27(29)24-33(17-7-16-32-18-22-37-23-19-32)31(36)26-14-12-25(13-15-26)28-10-6-21-39-28/h3-4,6,8-10,12-15,21H,1-2,5,7,11,16-20,22-24H2,(H,34,35)/i17D2. The zero-order valence-corrected chi connectivity index (χ0v) is 22.2. The Hall–Kier alpha value is -3.62. The van der Waals surface area contributed by atoms with Crippen molar-refractivity contribution < 1.29 is 31.3 Å². The summed E-state index contributed by atoms with van der Waals surface area (Å²) in [5.41, 5.74) is 1.91. The van der Waals surface area contributed by atoms with E-state index in [9.17, 15) is 9.59 Å². The molecule has 1 saturated heterocycles. The number of hydrogen-bond donors (Lipinski definition) is 1. The molecule has 1 amide bonds. The third kappa shape index (κ3) is 8.97. The van der Waals surface area contributed by atoms with E-state index in [0.29, 0.717) is 61.8 Å². The van der Waals surface area contributed by atoms with Gasteiger partial charge in [0.05, 0.1) is 26.1 Å². The van der Waals surface area contributed by atoms with Crippen molar-refractivity contribution in [2.45, 2.75) is 38.6 Å². The first kappa shape index (κ1) is 25.6. The first-order valence-electron chi connectivity index (χ1n) is 14.5. The van der Waals surface area contributed by atoms with E-state index in [1.807, 2.05) is 30.3 Å². The Morgan fingerprint density at radius 1 is 0.974 bits per heavy atom. The lowest BCUT2D eigenvalue weighted by Gasteiger charge is -2.29. The second-order valence-electron chi connectivity index (χ2n) is 9.47. The largest absolute Gasteiger partial charge is 0.493 e. The van der Waals surface area contributed by atoms with Gasteiger partial charge >= 0.3 is 5.97 Å². The molecule has 1 N–H and O–H groups in total. The fourth-order valence-corrected chi connectivity index (χ4v) is 4.43. The average Bonchev–Trinajstić information content (AvgIpc) is 3.53. The molecular weight excluding hydrogens is 496 g/mol. The number of furan rings is 1. The normalized spacial score (nSPS) is 14.9. The number of benzene rings is 2. The highest BCUT2D eigenvalue weighted by Crippen LogP contribution is 2.24. The molecule has 0 spiro atoms. The second kappa shape index (κ2) is 15.1. The van der Waals surface area contributed by atoms with Crippen LogP contribution in [0.2, 0.25) is 0 Å². The van der Waals surface area contributed by atoms with Gasteiger partial charge in [-0.25, -0.2) is 0 Å². The summed E-state index contributed by atoms with van der Waals surface area (Å²) >= 11 is 0. The molecule has 1 aliphatic heterocycles. The zero-order chi connectivity index (χ0) is 29.1. The third-order valence-corrected chi connectivity index (χ3v) is 6.61. The van der Waals surface area contributed by atoms with Gasteiger partial charge in [-0.05, 0) is 56.0 Å². The van der Waals surface area contributed by atoms with Gasteiger partial charge in [0, 0.05) is 58.5 Å². The molecule has 0 atom stereocenters. The highest BCUT2D eigenvalue weighted by molar-refractivity contribution is 5.94. The number of carboxylic acids is 1. The number of ether oxygens (including phenoxy) is 2. The lowest BCUT2D eigenvalue weighted by molar-refractivity contribution is -0.137. The summed E-state index contributed by atoms with van der Waals surface area (Å²) in [6.45, 7) is 1.73. The van der Waals surface area contributed by atoms with E-state index in [0.717, 1.165) is 25.1 Å². The summed E-state index contributed by atoms with van der Waals surface area (Å²) < 4.78 is 34.9. The molecule has 0 saturated carbocycles. The number of unbranched alkanes of at least 4 members (excludes halogenated alkanes) is 2. The van der Waals surface area contributed by atoms with Crippen molar-refractivity contribution in [3.63, 3.8) is 0 Å². The summed E-state index contributed by atoms with van der Waals surface area (Å²) in [6.07, 6.45) is 3.90. The van der Waals surface area contributed by atoms with Crippen LogP contribution in [0.4, 0.5) is 0 Å². The summed E-state index contributed by atoms with van der Waals surface area (Å²) in [7, 11) is 0. The van der Waals surface area contributed by atoms with Crippen molar-refractivity contribution in [1.82, 2.24) is 9.80 Å². The van der Waals surface area contributed by atoms with Crippen molar-refractivity contribution in [2.75, 3.05) is 46.0 Å². The molecule has 3 aromatic rings. The average molecular weight is 537 g/mol. The SMILES string of the molecule is [2H]C([2H])(CCN1CCOCC1)N(Cc1ccccc1OCCCCCC(=O)O)C(=O)c1ccc(-c2ccco2)cc1. The Morgan fingerprint density at radius 2 is 1.77 bits per heavy atom. The molecule has 4 rings (SSSR count). The van der Waals surface area contributed by atoms with E-state index in [2.05, 4.69) is 4.90 Å². The Labute approximate surface area is 232 Å². The van der Waals surface area contributed by atoms with Crippen LogP contribution < -0.4 is 4.74 Å². The minimum atomic E-state index is -1.93. The molecule has 2 heterocycles. The van der Waals surface area contributed by atoms with Gasteiger partial charge in [-0.1, -0.05) is 30.3 Å². The van der Waals surface area contributed by atoms with Crippen LogP contribution in [0.25, 0.3) is 11.3 Å². The van der Waals surface area contributed by atoms with E-state index >= 15 is 0 Å². The maximum Gasteiger partial charge on any atom is 0.303 e. The fraction of sp³-hybridized carbons (Fsp3) is 0.419. The zero-order valence-electron chi connectivity index (χ0n) is 24.2. The number of carboxylic acid groups (broad SMARTS) is 1. The van der Waals surface area contributed by atoms with Crippen LogP contribution in [0.5, 0.6) is 5.75 Å². The highest BCUT2D eigenvalue weighted by Gasteiger charge is 2.19. The van der Waals surface area contributed by atoms with Crippen molar-refractivity contribution in [3.8, 4) is 17.1 Å². The Kier molecular flexibility index (Phi) is 9.93. The number of carbonyl (C=O) groups excluding carboxylic acids is 1. The highest BCUT2D eigenvalue weighted by atomic mass is 16.5. The van der Waals surface area contributed by atoms with Gasteiger partial charge in [0.2, 0.25) is 0 Å². The van der Waals surface area contributed by atoms with Crippen molar-refractivity contribution in [3.05, 3.63) is 78.1 Å². The van der Waals surface area contributed by atoms with Crippen LogP contribution >= 0.6 is 0 Å². The van der Waals surface area contributed by atoms with E-state index in [1.54, 1.807) is 36.6 Å². The number of amides is 1. The van der Waals surface area contributed by atoms with Gasteiger partial charge in [-0.2, -0.15) is 0 Å². The lowest BCUT2D eigenvalue weighted by Crippen LogP contribution is -2.39. The molecule has 0 radical (unpaired) electrons. The monoisotopic (exact) mass is 536 g/mol. The molecule has 39 heavy (non-hydrogen) atoms. The van der Waals surface area contributed by atoms with Crippen molar-refractivity contribution >= 4 is 11.9 Å². The molecule has 0 unspecified atom stereocenters. The molecular formula is C31H38N2O6. The quantitative estimate of drug-likeness (QED) is 0.262. The first-order valence-corrected chi connectivity index (χ1v) is 13.5. The number of nitrogens with zero attached hydrogens (tertiary/aromatic N) is 2. The number of morpholine rings is 1.